The highest BCUT2D eigenvalue weighted by molar-refractivity contribution is 4.62. The molecule has 0 heterocycles. The molecule has 124 heavy (non-hydrogen) atoms. The van der Waals surface area contributed by atoms with E-state index in [1.807, 2.05) is 104 Å². The van der Waals surface area contributed by atoms with Gasteiger partial charge in [0.05, 0.1) is 244 Å². The Hall–Kier alpha value is -0.960. The minimum atomic E-state index is 0. The van der Waals surface area contributed by atoms with Crippen LogP contribution in [0.3, 0.4) is 0 Å². The molecule has 0 aromatic heterocycles. The van der Waals surface area contributed by atoms with Crippen molar-refractivity contribution in [2.75, 3.05) is 226 Å². The van der Waals surface area contributed by atoms with Gasteiger partial charge in [0.15, 0.2) is 0 Å². The van der Waals surface area contributed by atoms with Crippen molar-refractivity contribution in [2.24, 2.45) is 29.6 Å². The predicted octanol–water partition coefficient (Wildman–Crippen LogP) is 23.6. The first-order chi connectivity index (χ1) is 54.4. The minimum Gasteiger partial charge on any atom is -0.382 e. The molecule has 0 spiro atoms. The molecule has 0 rings (SSSR count). The smallest absolute Gasteiger partial charge is 0.0781 e. The van der Waals surface area contributed by atoms with Gasteiger partial charge in [0.25, 0.3) is 0 Å². The molecule has 0 saturated carbocycles. The highest BCUT2D eigenvalue weighted by Gasteiger charge is 2.16. The van der Waals surface area contributed by atoms with Gasteiger partial charge >= 0.3 is 0 Å². The number of hydrogen-bond donors (Lipinski definition) is 0. The summed E-state index contributed by atoms with van der Waals surface area (Å²) in [6, 6.07) is 0. The molecule has 0 fully saturated rings. The number of hydrogen-bond acceptors (Lipinski definition) is 24. The Morgan fingerprint density at radius 3 is 0.468 bits per heavy atom. The SMILES string of the molecule is C.C.C.C.C.C.C.C.C.C.CCCOCC(C)OCC(C)OCC(C)OCCOCCCC(C)C.CCOCC(C)OCC(C)OCC(C)OCCOCCCC(C)C.COCC(C)OCC(C)OCC(C)OCC(C)OCCOCCCC(C)C.COCC(C)OCC(C)OCC(C)OCCOCCCC(C)C.COCC(C)OCCOCCCC(C)C. The topological polar surface area (TPSA) is 222 Å². The fraction of sp³-hybridized carbons (Fsp3) is 1.00. The second-order valence-electron chi connectivity index (χ2n) is 32.5. The van der Waals surface area contributed by atoms with Crippen LogP contribution in [-0.2, 0) is 114 Å². The summed E-state index contributed by atoms with van der Waals surface area (Å²) in [7, 11) is 5.03. The van der Waals surface area contributed by atoms with Crippen LogP contribution < -0.4 is 0 Å². The van der Waals surface area contributed by atoms with E-state index in [1.165, 1.54) is 32.1 Å². The zero-order valence-electron chi connectivity index (χ0n) is 79.5. The van der Waals surface area contributed by atoms with Crippen LogP contribution in [0.2, 0.25) is 0 Å². The Balaban J connectivity index is -0.0000000911. The Morgan fingerprint density at radius 2 is 0.306 bits per heavy atom. The van der Waals surface area contributed by atoms with Crippen molar-refractivity contribution in [3.05, 3.63) is 0 Å². The summed E-state index contributed by atoms with van der Waals surface area (Å²) in [5, 5.41) is 0. The first-order valence-electron chi connectivity index (χ1n) is 44.5. The lowest BCUT2D eigenvalue weighted by Gasteiger charge is -2.21. The van der Waals surface area contributed by atoms with E-state index in [1.54, 1.807) is 21.3 Å². The molecular formula is C100H230O24. The molecule has 774 valence electrons. The van der Waals surface area contributed by atoms with Crippen LogP contribution in [0.15, 0.2) is 0 Å². The zero-order valence-corrected chi connectivity index (χ0v) is 79.5. The summed E-state index contributed by atoms with van der Waals surface area (Å²) < 4.78 is 133. The van der Waals surface area contributed by atoms with Gasteiger partial charge in [-0.3, -0.25) is 0 Å². The normalized spacial score (nSPS) is 14.3. The number of methoxy groups -OCH3 is 3. The standard InChI is InChI=1S/C21H44O6.C20H42O5.C19H40O5.C18H38O5.C12H26O3.10CH4/c1-17(2)9-8-10-23-11-12-24-19(4)14-26-21(6)16-27-20(5)15-25-18(3)13-22-7;1-7-10-22-14-18(4)24-16-20(6)25-15-19(5)23-13-12-21-11-8-9-17(2)3;1-7-20-13-17(4)23-15-19(6)24-14-18(5)22-12-11-21-10-8-9-16(2)3;1-15(2)8-7-9-20-10-11-21-17(4)13-23-18(5)14-22-16(3)12-19-6;1-11(2)6-5-7-14-8-9-15-12(3)10-13-4;;;;;;;;;;/h17-21H,8-16H2,1-7H3;17-20H,7-16H2,1-6H3;16-19H,7-15H2,1-6H3;15-18H,7-14H2,1-6H3;11-12H,5-10H2,1-4H3;10*1H4. The molecule has 14 unspecified atom stereocenters. The molecule has 0 radical (unpaired) electrons. The average Bonchev–Trinajstić information content (AvgIpc) is 0.995. The third-order valence-corrected chi connectivity index (χ3v) is 16.5. The van der Waals surface area contributed by atoms with E-state index < -0.39 is 0 Å². The maximum Gasteiger partial charge on any atom is 0.0781 e. The molecule has 0 amide bonds. The molecule has 24 heteroatoms. The van der Waals surface area contributed by atoms with Crippen molar-refractivity contribution in [1.29, 1.82) is 0 Å². The largest absolute Gasteiger partial charge is 0.382 e. The molecule has 0 aromatic carbocycles. The van der Waals surface area contributed by atoms with E-state index in [9.17, 15) is 0 Å². The van der Waals surface area contributed by atoms with E-state index in [0.717, 1.165) is 114 Å². The molecule has 0 aliphatic heterocycles. The Bertz CT molecular complexity index is 1790. The summed E-state index contributed by atoms with van der Waals surface area (Å²) in [6.07, 6.45) is 13.7. The molecular weight excluding hydrogens is 1590 g/mol. The summed E-state index contributed by atoms with van der Waals surface area (Å²) >= 11 is 0. The van der Waals surface area contributed by atoms with Gasteiger partial charge in [-0.05, 0) is 204 Å². The lowest BCUT2D eigenvalue weighted by Crippen LogP contribution is -2.28. The second kappa shape index (κ2) is 120. The fourth-order valence-corrected chi connectivity index (χ4v) is 9.77. The van der Waals surface area contributed by atoms with E-state index in [4.69, 9.17) is 114 Å². The fourth-order valence-electron chi connectivity index (χ4n) is 9.77. The van der Waals surface area contributed by atoms with Gasteiger partial charge in [0.2, 0.25) is 0 Å². The van der Waals surface area contributed by atoms with Crippen molar-refractivity contribution >= 4 is 0 Å². The van der Waals surface area contributed by atoms with Gasteiger partial charge in [-0.1, -0.05) is 150 Å². The van der Waals surface area contributed by atoms with E-state index in [0.29, 0.717) is 159 Å². The molecule has 0 bridgehead atoms. The van der Waals surface area contributed by atoms with Crippen molar-refractivity contribution in [1.82, 2.24) is 0 Å². The van der Waals surface area contributed by atoms with Crippen LogP contribution in [0, 0.1) is 29.6 Å². The molecule has 0 aromatic rings. The number of rotatable bonds is 80. The van der Waals surface area contributed by atoms with E-state index in [-0.39, 0.29) is 160 Å². The maximum absolute atomic E-state index is 5.79. The molecule has 24 nitrogen and oxygen atoms in total. The monoisotopic (exact) mass is 1820 g/mol. The average molecular weight is 1820 g/mol. The lowest BCUT2D eigenvalue weighted by molar-refractivity contribution is -0.0931. The molecule has 0 N–H and O–H groups in total. The highest BCUT2D eigenvalue weighted by Crippen LogP contribution is 2.11. The zero-order chi connectivity index (χ0) is 86.6. The summed E-state index contributed by atoms with van der Waals surface area (Å²) in [5.74, 6) is 3.75. The first kappa shape index (κ1) is 157. The van der Waals surface area contributed by atoms with Gasteiger partial charge in [0, 0.05) is 67.6 Å². The Kier molecular flexibility index (Phi) is 152. The van der Waals surface area contributed by atoms with Crippen molar-refractivity contribution in [3.8, 4) is 0 Å². The van der Waals surface area contributed by atoms with Crippen molar-refractivity contribution in [3.63, 3.8) is 0 Å². The van der Waals surface area contributed by atoms with Gasteiger partial charge in [-0.25, -0.2) is 0 Å². The van der Waals surface area contributed by atoms with E-state index in [2.05, 4.69) is 76.2 Å². The minimum absolute atomic E-state index is 0. The highest BCUT2D eigenvalue weighted by atomic mass is 16.6. The van der Waals surface area contributed by atoms with Crippen LogP contribution in [0.5, 0.6) is 0 Å². The summed E-state index contributed by atoms with van der Waals surface area (Å²) in [6.45, 7) is 74.7. The van der Waals surface area contributed by atoms with Gasteiger partial charge in [0.1, 0.15) is 0 Å². The van der Waals surface area contributed by atoms with Crippen molar-refractivity contribution < 1.29 is 114 Å². The summed E-state index contributed by atoms with van der Waals surface area (Å²) in [5.41, 5.74) is 0. The van der Waals surface area contributed by atoms with Crippen LogP contribution in [-0.4, -0.2) is 312 Å². The third-order valence-electron chi connectivity index (χ3n) is 16.5. The number of ether oxygens (including phenoxy) is 24. The van der Waals surface area contributed by atoms with Gasteiger partial charge in [-0.15, -0.1) is 0 Å². The van der Waals surface area contributed by atoms with Gasteiger partial charge in [-0.2, -0.15) is 0 Å². The van der Waals surface area contributed by atoms with E-state index >= 15 is 0 Å². The molecule has 0 aliphatic carbocycles. The molecule has 14 atom stereocenters. The van der Waals surface area contributed by atoms with Crippen LogP contribution in [0.4, 0.5) is 0 Å². The first-order valence-corrected chi connectivity index (χ1v) is 44.5. The summed E-state index contributed by atoms with van der Waals surface area (Å²) in [4.78, 5) is 0. The van der Waals surface area contributed by atoms with Gasteiger partial charge < -0.3 is 114 Å². The molecule has 0 aliphatic rings. The second-order valence-corrected chi connectivity index (χ2v) is 32.5. The molecule has 0 saturated heterocycles. The maximum atomic E-state index is 5.79. The van der Waals surface area contributed by atoms with Crippen LogP contribution in [0.1, 0.15) is 325 Å². The third kappa shape index (κ3) is 139. The lowest BCUT2D eigenvalue weighted by atomic mass is 10.1. The quantitative estimate of drug-likeness (QED) is 0.0516. The Morgan fingerprint density at radius 1 is 0.153 bits per heavy atom. The Labute approximate surface area is 776 Å². The van der Waals surface area contributed by atoms with Crippen molar-refractivity contribution in [2.45, 2.75) is 410 Å². The van der Waals surface area contributed by atoms with Crippen LogP contribution in [0.25, 0.3) is 0 Å². The van der Waals surface area contributed by atoms with Crippen LogP contribution >= 0.6 is 0 Å². The predicted molar refractivity (Wildman–Crippen MR) is 531 cm³/mol.